The maximum absolute atomic E-state index is 5.53. The summed E-state index contributed by atoms with van der Waals surface area (Å²) in [4.78, 5) is 9.12. The van der Waals surface area contributed by atoms with Gasteiger partial charge in [-0.25, -0.2) is 9.97 Å². The third kappa shape index (κ3) is 3.44. The number of hydrogen-bond acceptors (Lipinski definition) is 4. The summed E-state index contributed by atoms with van der Waals surface area (Å²) in [6.07, 6.45) is 3.63. The van der Waals surface area contributed by atoms with Crippen molar-refractivity contribution < 1.29 is 4.42 Å². The molecule has 0 aliphatic heterocycles. The molecule has 2 aromatic rings. The lowest BCUT2D eigenvalue weighted by Crippen LogP contribution is -2.18. The first kappa shape index (κ1) is 14.3. The fourth-order valence-electron chi connectivity index (χ4n) is 1.93. The molecular formula is C15H22N2OS. The molecule has 2 heterocycles. The number of rotatable bonds is 5. The van der Waals surface area contributed by atoms with E-state index in [1.165, 1.54) is 5.69 Å². The smallest absolute Gasteiger partial charge is 0.194 e. The maximum Gasteiger partial charge on any atom is 0.194 e. The van der Waals surface area contributed by atoms with Gasteiger partial charge in [0.25, 0.3) is 0 Å². The van der Waals surface area contributed by atoms with Gasteiger partial charge in [0, 0.05) is 17.2 Å². The topological polar surface area (TPSA) is 38.9 Å². The highest BCUT2D eigenvalue weighted by molar-refractivity contribution is 7.09. The van der Waals surface area contributed by atoms with Crippen molar-refractivity contribution in [3.8, 4) is 0 Å². The second-order valence-electron chi connectivity index (χ2n) is 5.96. The summed E-state index contributed by atoms with van der Waals surface area (Å²) >= 11 is 1.71. The summed E-state index contributed by atoms with van der Waals surface area (Å²) in [6.45, 7) is 10.8. The van der Waals surface area contributed by atoms with Crippen molar-refractivity contribution >= 4 is 11.3 Å². The fraction of sp³-hybridized carbons (Fsp3) is 0.600. The maximum atomic E-state index is 5.53. The van der Waals surface area contributed by atoms with E-state index in [2.05, 4.69) is 43.0 Å². The Bertz CT molecular complexity index is 540. The van der Waals surface area contributed by atoms with E-state index in [0.29, 0.717) is 5.92 Å². The molecule has 0 amide bonds. The Labute approximate surface area is 119 Å². The molecule has 104 valence electrons. The van der Waals surface area contributed by atoms with Crippen LogP contribution in [0, 0.1) is 6.92 Å². The van der Waals surface area contributed by atoms with E-state index in [1.807, 2.05) is 6.92 Å². The van der Waals surface area contributed by atoms with Gasteiger partial charge in [-0.3, -0.25) is 0 Å². The second-order valence-corrected chi connectivity index (χ2v) is 7.02. The van der Waals surface area contributed by atoms with Gasteiger partial charge in [0.05, 0.1) is 16.4 Å². The Morgan fingerprint density at radius 1 is 1.32 bits per heavy atom. The van der Waals surface area contributed by atoms with Crippen LogP contribution in [-0.4, -0.2) is 9.97 Å². The number of hydrogen-bond donors (Lipinski definition) is 0. The highest BCUT2D eigenvalue weighted by Gasteiger charge is 2.24. The summed E-state index contributed by atoms with van der Waals surface area (Å²) in [5.41, 5.74) is 2.28. The molecule has 0 radical (unpaired) electrons. The Hall–Kier alpha value is -1.16. The summed E-state index contributed by atoms with van der Waals surface area (Å²) in [6, 6.07) is 0. The van der Waals surface area contributed by atoms with E-state index >= 15 is 0 Å². The molecule has 0 spiro atoms. The number of aryl methyl sites for hydroxylation is 2. The molecular weight excluding hydrogens is 256 g/mol. The third-order valence-corrected chi connectivity index (χ3v) is 4.21. The van der Waals surface area contributed by atoms with Gasteiger partial charge < -0.3 is 4.42 Å². The molecule has 0 aliphatic carbocycles. The van der Waals surface area contributed by atoms with Gasteiger partial charge in [-0.15, -0.1) is 11.3 Å². The first-order valence-electron chi connectivity index (χ1n) is 6.75. The Kier molecular flexibility index (Phi) is 4.09. The summed E-state index contributed by atoms with van der Waals surface area (Å²) in [5, 5.41) is 3.28. The molecule has 0 atom stereocenters. The molecule has 0 bridgehead atoms. The normalized spacial score (nSPS) is 12.3. The highest BCUT2D eigenvalue weighted by Crippen LogP contribution is 2.29. The van der Waals surface area contributed by atoms with Crippen molar-refractivity contribution in [1.82, 2.24) is 9.97 Å². The lowest BCUT2D eigenvalue weighted by molar-refractivity contribution is 0.418. The van der Waals surface area contributed by atoms with Gasteiger partial charge in [0.2, 0.25) is 0 Å². The first-order valence-corrected chi connectivity index (χ1v) is 7.63. The lowest BCUT2D eigenvalue weighted by atomic mass is 9.85. The lowest BCUT2D eigenvalue weighted by Gasteiger charge is -2.21. The number of oxazole rings is 1. The average molecular weight is 278 g/mol. The SMILES string of the molecule is Cc1nc(C(C)(C)CCc2nc(C(C)C)co2)cs1. The van der Waals surface area contributed by atoms with Crippen molar-refractivity contribution in [3.63, 3.8) is 0 Å². The van der Waals surface area contributed by atoms with Crippen LogP contribution in [0.1, 0.15) is 62.3 Å². The predicted molar refractivity (Wildman–Crippen MR) is 78.8 cm³/mol. The minimum atomic E-state index is 0.0667. The second kappa shape index (κ2) is 5.45. The van der Waals surface area contributed by atoms with Crippen LogP contribution in [-0.2, 0) is 11.8 Å². The van der Waals surface area contributed by atoms with E-state index in [-0.39, 0.29) is 5.41 Å². The summed E-state index contributed by atoms with van der Waals surface area (Å²) in [7, 11) is 0. The average Bonchev–Trinajstić information content (AvgIpc) is 2.95. The first-order chi connectivity index (χ1) is 8.88. The summed E-state index contributed by atoms with van der Waals surface area (Å²) < 4.78 is 5.53. The van der Waals surface area contributed by atoms with Crippen LogP contribution in [0.2, 0.25) is 0 Å². The van der Waals surface area contributed by atoms with Gasteiger partial charge in [-0.1, -0.05) is 27.7 Å². The van der Waals surface area contributed by atoms with Gasteiger partial charge in [0.1, 0.15) is 6.26 Å². The van der Waals surface area contributed by atoms with Gasteiger partial charge in [-0.05, 0) is 19.3 Å². The Morgan fingerprint density at radius 2 is 2.05 bits per heavy atom. The molecule has 0 aromatic carbocycles. The molecule has 4 heteroatoms. The minimum absolute atomic E-state index is 0.0667. The van der Waals surface area contributed by atoms with Crippen molar-refractivity contribution in [2.45, 2.75) is 58.8 Å². The van der Waals surface area contributed by atoms with E-state index in [4.69, 9.17) is 4.42 Å². The van der Waals surface area contributed by atoms with Crippen LogP contribution in [0.4, 0.5) is 0 Å². The number of thiazole rings is 1. The van der Waals surface area contributed by atoms with Crippen molar-refractivity contribution in [2.75, 3.05) is 0 Å². The zero-order chi connectivity index (χ0) is 14.0. The van der Waals surface area contributed by atoms with Gasteiger partial charge in [-0.2, -0.15) is 0 Å². The Balaban J connectivity index is 2.00. The molecule has 3 nitrogen and oxygen atoms in total. The fourth-order valence-corrected chi connectivity index (χ4v) is 2.73. The Morgan fingerprint density at radius 3 is 2.58 bits per heavy atom. The molecule has 0 saturated heterocycles. The number of aromatic nitrogens is 2. The molecule has 0 unspecified atom stereocenters. The van der Waals surface area contributed by atoms with Crippen molar-refractivity contribution in [2.24, 2.45) is 0 Å². The highest BCUT2D eigenvalue weighted by atomic mass is 32.1. The van der Waals surface area contributed by atoms with E-state index in [1.54, 1.807) is 17.6 Å². The largest absolute Gasteiger partial charge is 0.449 e. The van der Waals surface area contributed by atoms with E-state index in [9.17, 15) is 0 Å². The van der Waals surface area contributed by atoms with Crippen LogP contribution in [0.3, 0.4) is 0 Å². The zero-order valence-corrected chi connectivity index (χ0v) is 13.2. The third-order valence-electron chi connectivity index (χ3n) is 3.44. The molecule has 2 aromatic heterocycles. The zero-order valence-electron chi connectivity index (χ0n) is 12.4. The van der Waals surface area contributed by atoms with E-state index < -0.39 is 0 Å². The molecule has 0 aliphatic rings. The monoisotopic (exact) mass is 278 g/mol. The molecule has 19 heavy (non-hydrogen) atoms. The van der Waals surface area contributed by atoms with Gasteiger partial charge in [0.15, 0.2) is 5.89 Å². The van der Waals surface area contributed by atoms with Crippen molar-refractivity contribution in [3.05, 3.63) is 33.9 Å². The van der Waals surface area contributed by atoms with E-state index in [0.717, 1.165) is 29.4 Å². The van der Waals surface area contributed by atoms with Gasteiger partial charge >= 0.3 is 0 Å². The predicted octanol–water partition coefficient (Wildman–Crippen LogP) is 4.47. The van der Waals surface area contributed by atoms with Crippen LogP contribution in [0.25, 0.3) is 0 Å². The number of nitrogens with zero attached hydrogens (tertiary/aromatic N) is 2. The molecule has 0 fully saturated rings. The molecule has 2 rings (SSSR count). The van der Waals surface area contributed by atoms with Crippen LogP contribution >= 0.6 is 11.3 Å². The van der Waals surface area contributed by atoms with Crippen LogP contribution < -0.4 is 0 Å². The van der Waals surface area contributed by atoms with Crippen LogP contribution in [0.15, 0.2) is 16.1 Å². The minimum Gasteiger partial charge on any atom is -0.449 e. The molecule has 0 N–H and O–H groups in total. The standard InChI is InChI=1S/C15H22N2OS/c1-10(2)12-8-18-14(17-12)6-7-15(4,5)13-9-19-11(3)16-13/h8-10H,6-7H2,1-5H3. The van der Waals surface area contributed by atoms with Crippen molar-refractivity contribution in [1.29, 1.82) is 0 Å². The van der Waals surface area contributed by atoms with Crippen LogP contribution in [0.5, 0.6) is 0 Å². The summed E-state index contributed by atoms with van der Waals surface area (Å²) in [5.74, 6) is 1.26. The quantitative estimate of drug-likeness (QED) is 0.809. The molecule has 0 saturated carbocycles.